The Morgan fingerprint density at radius 3 is 2.58 bits per heavy atom. The van der Waals surface area contributed by atoms with Gasteiger partial charge in [-0.2, -0.15) is 0 Å². The average Bonchev–Trinajstić information content (AvgIpc) is 2.60. The summed E-state index contributed by atoms with van der Waals surface area (Å²) in [7, 11) is 0. The van der Waals surface area contributed by atoms with E-state index in [9.17, 15) is 14.7 Å². The number of benzene rings is 2. The first-order valence-electron chi connectivity index (χ1n) is 8.04. The third kappa shape index (κ3) is 6.10. The average molecular weight is 359 g/mol. The largest absolute Gasteiger partial charge is 0.508 e. The monoisotopic (exact) mass is 359 g/mol. The molecule has 0 fully saturated rings. The van der Waals surface area contributed by atoms with Crippen LogP contribution in [0.3, 0.4) is 0 Å². The molecule has 0 unspecified atom stereocenters. The van der Waals surface area contributed by atoms with Crippen LogP contribution in [0.25, 0.3) is 10.8 Å². The molecule has 2 aromatic carbocycles. The molecule has 2 N–H and O–H groups in total. The Labute approximate surface area is 151 Å². The number of phenolic OH excluding ortho intramolecular Hbond substituents is 1. The number of rotatable bonds is 8. The Bertz CT molecular complexity index is 802. The molecule has 0 aliphatic heterocycles. The first-order valence-corrected chi connectivity index (χ1v) is 8.04. The fraction of sp³-hybridized carbons (Fsp3) is 0.263. The van der Waals surface area contributed by atoms with Gasteiger partial charge in [-0.25, -0.2) is 9.59 Å². The topological polar surface area (TPSA) is 94.1 Å². The van der Waals surface area contributed by atoms with E-state index < -0.39 is 12.1 Å². The first kappa shape index (κ1) is 19.3. The Morgan fingerprint density at radius 1 is 1.08 bits per heavy atom. The maximum atomic E-state index is 11.7. The lowest BCUT2D eigenvalue weighted by molar-refractivity contribution is -0.140. The summed E-state index contributed by atoms with van der Waals surface area (Å²) in [5.74, 6) is 0.118. The van der Waals surface area contributed by atoms with E-state index in [1.165, 1.54) is 0 Å². The molecule has 0 aliphatic rings. The van der Waals surface area contributed by atoms with E-state index in [1.807, 2.05) is 0 Å². The number of amides is 1. The van der Waals surface area contributed by atoms with Crippen molar-refractivity contribution < 1.29 is 28.9 Å². The molecule has 0 saturated heterocycles. The van der Waals surface area contributed by atoms with E-state index >= 15 is 0 Å². The summed E-state index contributed by atoms with van der Waals surface area (Å²) in [6, 6.07) is 10.0. The number of aromatic hydroxyl groups is 1. The molecule has 138 valence electrons. The maximum Gasteiger partial charge on any atom is 0.412 e. The number of nitrogens with one attached hydrogen (secondary N) is 1. The van der Waals surface area contributed by atoms with Crippen molar-refractivity contribution in [3.63, 3.8) is 0 Å². The molecule has 0 aromatic heterocycles. The van der Waals surface area contributed by atoms with E-state index in [2.05, 4.69) is 11.9 Å². The van der Waals surface area contributed by atoms with Gasteiger partial charge in [0.15, 0.2) is 0 Å². The third-order valence-corrected chi connectivity index (χ3v) is 3.33. The summed E-state index contributed by atoms with van der Waals surface area (Å²) in [5, 5.41) is 13.7. The minimum absolute atomic E-state index is 0.128. The highest BCUT2D eigenvalue weighted by Gasteiger charge is 2.06. The molecule has 0 heterocycles. The van der Waals surface area contributed by atoms with E-state index in [-0.39, 0.29) is 32.1 Å². The molecule has 0 radical (unpaired) electrons. The van der Waals surface area contributed by atoms with Crippen molar-refractivity contribution in [2.45, 2.75) is 6.92 Å². The van der Waals surface area contributed by atoms with Crippen molar-refractivity contribution in [3.05, 3.63) is 48.6 Å². The minimum atomic E-state index is -0.597. The van der Waals surface area contributed by atoms with Gasteiger partial charge in [0.2, 0.25) is 0 Å². The van der Waals surface area contributed by atoms with Crippen LogP contribution < -0.4 is 10.1 Å². The van der Waals surface area contributed by atoms with Gasteiger partial charge in [-0.05, 0) is 42.0 Å². The van der Waals surface area contributed by atoms with Gasteiger partial charge in [0.05, 0.1) is 13.2 Å². The van der Waals surface area contributed by atoms with Gasteiger partial charge in [0.1, 0.15) is 18.1 Å². The molecule has 0 atom stereocenters. The zero-order chi connectivity index (χ0) is 18.9. The number of carbonyl (C=O) groups is 2. The fourth-order valence-electron chi connectivity index (χ4n) is 2.06. The number of hydrogen-bond donors (Lipinski definition) is 2. The highest BCUT2D eigenvalue weighted by atomic mass is 16.6. The highest BCUT2D eigenvalue weighted by molar-refractivity contribution is 5.87. The SMILES string of the molecule is C=C(C)C(=O)OCCOCCNC(=O)Oc1ccc2cc(O)ccc2c1. The molecule has 0 saturated carbocycles. The third-order valence-electron chi connectivity index (χ3n) is 3.33. The first-order chi connectivity index (χ1) is 12.5. The minimum Gasteiger partial charge on any atom is -0.508 e. The quantitative estimate of drug-likeness (QED) is 0.428. The van der Waals surface area contributed by atoms with Crippen molar-refractivity contribution >= 4 is 22.8 Å². The highest BCUT2D eigenvalue weighted by Crippen LogP contribution is 2.24. The second kappa shape index (κ2) is 9.43. The molecular weight excluding hydrogens is 338 g/mol. The van der Waals surface area contributed by atoms with Gasteiger partial charge in [-0.15, -0.1) is 0 Å². The van der Waals surface area contributed by atoms with Crippen LogP contribution in [0, 0.1) is 0 Å². The van der Waals surface area contributed by atoms with Crippen LogP contribution in [-0.4, -0.2) is 43.5 Å². The van der Waals surface area contributed by atoms with Gasteiger partial charge in [-0.3, -0.25) is 0 Å². The Morgan fingerprint density at radius 2 is 1.81 bits per heavy atom. The van der Waals surface area contributed by atoms with Crippen LogP contribution in [0.4, 0.5) is 4.79 Å². The standard InChI is InChI=1S/C19H21NO6/c1-13(2)18(22)25-10-9-24-8-7-20-19(23)26-17-6-4-14-11-16(21)5-3-15(14)12-17/h3-6,11-12,21H,1,7-10H2,2H3,(H,20,23). The molecule has 2 aromatic rings. The van der Waals surface area contributed by atoms with Crippen LogP contribution in [0.15, 0.2) is 48.6 Å². The van der Waals surface area contributed by atoms with E-state index in [1.54, 1.807) is 43.3 Å². The van der Waals surface area contributed by atoms with Crippen LogP contribution in [-0.2, 0) is 14.3 Å². The number of phenols is 1. The zero-order valence-corrected chi connectivity index (χ0v) is 14.5. The van der Waals surface area contributed by atoms with Crippen molar-refractivity contribution in [2.24, 2.45) is 0 Å². The smallest absolute Gasteiger partial charge is 0.412 e. The Hall–Kier alpha value is -3.06. The molecule has 0 aliphatic carbocycles. The molecule has 7 heteroatoms. The summed E-state index contributed by atoms with van der Waals surface area (Å²) in [4.78, 5) is 22.9. The number of hydrogen-bond acceptors (Lipinski definition) is 6. The molecule has 0 spiro atoms. The molecule has 1 amide bonds. The number of carbonyl (C=O) groups excluding carboxylic acids is 2. The summed E-state index contributed by atoms with van der Waals surface area (Å²) < 4.78 is 15.3. The summed E-state index contributed by atoms with van der Waals surface area (Å²) in [6.07, 6.45) is -0.597. The van der Waals surface area contributed by atoms with Crippen molar-refractivity contribution in [1.82, 2.24) is 5.32 Å². The van der Waals surface area contributed by atoms with Crippen molar-refractivity contribution in [2.75, 3.05) is 26.4 Å². The maximum absolute atomic E-state index is 11.7. The van der Waals surface area contributed by atoms with Crippen LogP contribution in [0.2, 0.25) is 0 Å². The van der Waals surface area contributed by atoms with Crippen molar-refractivity contribution in [1.29, 1.82) is 0 Å². The molecule has 2 rings (SSSR count). The number of ether oxygens (including phenoxy) is 3. The van der Waals surface area contributed by atoms with Crippen LogP contribution >= 0.6 is 0 Å². The number of esters is 1. The molecule has 26 heavy (non-hydrogen) atoms. The van der Waals surface area contributed by atoms with Crippen LogP contribution in [0.5, 0.6) is 11.5 Å². The van der Waals surface area contributed by atoms with Gasteiger partial charge < -0.3 is 24.6 Å². The van der Waals surface area contributed by atoms with E-state index in [0.29, 0.717) is 11.3 Å². The lowest BCUT2D eigenvalue weighted by atomic mass is 10.1. The Balaban J connectivity index is 1.65. The second-order valence-corrected chi connectivity index (χ2v) is 5.54. The molecular formula is C19H21NO6. The zero-order valence-electron chi connectivity index (χ0n) is 14.5. The fourth-order valence-corrected chi connectivity index (χ4v) is 2.06. The van der Waals surface area contributed by atoms with Crippen LogP contribution in [0.1, 0.15) is 6.92 Å². The predicted molar refractivity (Wildman–Crippen MR) is 96.2 cm³/mol. The normalized spacial score (nSPS) is 10.3. The van der Waals surface area contributed by atoms with Crippen molar-refractivity contribution in [3.8, 4) is 11.5 Å². The number of fused-ring (bicyclic) bond motifs is 1. The van der Waals surface area contributed by atoms with E-state index in [4.69, 9.17) is 14.2 Å². The Kier molecular flexibility index (Phi) is 6.99. The van der Waals surface area contributed by atoms with Gasteiger partial charge in [0, 0.05) is 12.1 Å². The lowest BCUT2D eigenvalue weighted by Crippen LogP contribution is -2.30. The van der Waals surface area contributed by atoms with Gasteiger partial charge >= 0.3 is 12.1 Å². The summed E-state index contributed by atoms with van der Waals surface area (Å²) in [6.45, 7) is 5.91. The predicted octanol–water partition coefficient (Wildman–Crippen LogP) is 2.77. The molecule has 0 bridgehead atoms. The van der Waals surface area contributed by atoms with Gasteiger partial charge in [0.25, 0.3) is 0 Å². The van der Waals surface area contributed by atoms with Gasteiger partial charge in [-0.1, -0.05) is 18.7 Å². The molecule has 7 nitrogen and oxygen atoms in total. The van der Waals surface area contributed by atoms with E-state index in [0.717, 1.165) is 10.8 Å². The summed E-state index contributed by atoms with van der Waals surface area (Å²) >= 11 is 0. The summed E-state index contributed by atoms with van der Waals surface area (Å²) in [5.41, 5.74) is 0.333. The second-order valence-electron chi connectivity index (χ2n) is 5.54. The lowest BCUT2D eigenvalue weighted by Gasteiger charge is -2.08.